The molecule has 31 heavy (non-hydrogen) atoms. The predicted octanol–water partition coefficient (Wildman–Crippen LogP) is 1.42. The van der Waals surface area contributed by atoms with E-state index in [-0.39, 0.29) is 35.9 Å². The van der Waals surface area contributed by atoms with Crippen LogP contribution in [0.25, 0.3) is 0 Å². The molecule has 1 aromatic carbocycles. The summed E-state index contributed by atoms with van der Waals surface area (Å²) in [7, 11) is -3.59. The highest BCUT2D eigenvalue weighted by atomic mass is 32.2. The van der Waals surface area contributed by atoms with Gasteiger partial charge in [-0.1, -0.05) is 30.3 Å². The molecule has 1 spiro atoms. The average molecular weight is 447 g/mol. The Morgan fingerprint density at radius 2 is 1.77 bits per heavy atom. The van der Waals surface area contributed by atoms with Crippen molar-refractivity contribution >= 4 is 21.8 Å². The van der Waals surface area contributed by atoms with E-state index in [4.69, 9.17) is 0 Å². The lowest BCUT2D eigenvalue weighted by Crippen LogP contribution is -2.66. The molecular formula is C23H30N2O5S. The first kappa shape index (κ1) is 20.9. The molecule has 5 aliphatic rings. The van der Waals surface area contributed by atoms with Crippen LogP contribution in [0.5, 0.6) is 0 Å². The van der Waals surface area contributed by atoms with E-state index in [9.17, 15) is 23.1 Å². The van der Waals surface area contributed by atoms with Gasteiger partial charge in [0.15, 0.2) is 0 Å². The van der Waals surface area contributed by atoms with Gasteiger partial charge in [-0.2, -0.15) is 0 Å². The lowest BCUT2D eigenvalue weighted by atomic mass is 9.36. The quantitative estimate of drug-likeness (QED) is 0.712. The second-order valence-corrected chi connectivity index (χ2v) is 12.0. The summed E-state index contributed by atoms with van der Waals surface area (Å²) >= 11 is 0. The molecule has 2 N–H and O–H groups in total. The molecular weight excluding hydrogens is 416 g/mol. The van der Waals surface area contributed by atoms with E-state index in [0.717, 1.165) is 38.4 Å². The molecule has 0 radical (unpaired) electrons. The van der Waals surface area contributed by atoms with Crippen LogP contribution >= 0.6 is 0 Å². The van der Waals surface area contributed by atoms with Crippen molar-refractivity contribution in [3.63, 3.8) is 0 Å². The summed E-state index contributed by atoms with van der Waals surface area (Å²) in [6.07, 6.45) is 5.93. The Bertz CT molecular complexity index is 998. The Labute approximate surface area is 183 Å². The number of aliphatic hydroxyl groups excluding tert-OH is 1. The summed E-state index contributed by atoms with van der Waals surface area (Å²) in [4.78, 5) is 27.1. The van der Waals surface area contributed by atoms with Crippen LogP contribution in [-0.4, -0.2) is 55.7 Å². The molecule has 7 nitrogen and oxygen atoms in total. The fourth-order valence-corrected chi connectivity index (χ4v) is 7.52. The van der Waals surface area contributed by atoms with E-state index >= 15 is 0 Å². The molecule has 3 unspecified atom stereocenters. The third-order valence-corrected chi connectivity index (χ3v) is 9.12. The van der Waals surface area contributed by atoms with Crippen LogP contribution in [0.3, 0.4) is 0 Å². The van der Waals surface area contributed by atoms with Crippen molar-refractivity contribution in [2.75, 3.05) is 19.3 Å². The molecule has 0 aromatic heterocycles. The summed E-state index contributed by atoms with van der Waals surface area (Å²) in [5, 5.41) is 10.6. The lowest BCUT2D eigenvalue weighted by molar-refractivity contribution is -0.199. The van der Waals surface area contributed by atoms with Gasteiger partial charge >= 0.3 is 0 Å². The summed E-state index contributed by atoms with van der Waals surface area (Å²) < 4.78 is 24.6. The molecule has 3 bridgehead atoms. The summed E-state index contributed by atoms with van der Waals surface area (Å²) in [5.41, 5.74) is 1.04. The van der Waals surface area contributed by atoms with Crippen molar-refractivity contribution in [1.82, 2.24) is 9.62 Å². The number of likely N-dealkylation sites (tertiary alicyclic amines) is 1. The molecule has 1 saturated heterocycles. The average Bonchev–Trinajstić information content (AvgIpc) is 2.63. The molecule has 2 amide bonds. The van der Waals surface area contributed by atoms with Crippen molar-refractivity contribution in [1.29, 1.82) is 0 Å². The maximum Gasteiger partial charge on any atom is 0.240 e. The van der Waals surface area contributed by atoms with Gasteiger partial charge in [-0.05, 0) is 54.9 Å². The molecule has 6 rings (SSSR count). The van der Waals surface area contributed by atoms with Crippen LogP contribution in [0.2, 0.25) is 0 Å². The van der Waals surface area contributed by atoms with E-state index < -0.39 is 21.8 Å². The largest absolute Gasteiger partial charge is 0.393 e. The highest BCUT2D eigenvalue weighted by Crippen LogP contribution is 2.71. The first-order chi connectivity index (χ1) is 14.6. The predicted molar refractivity (Wildman–Crippen MR) is 114 cm³/mol. The number of hydrogen-bond acceptors (Lipinski definition) is 5. The monoisotopic (exact) mass is 446 g/mol. The van der Waals surface area contributed by atoms with E-state index in [1.54, 1.807) is 4.90 Å². The van der Waals surface area contributed by atoms with Gasteiger partial charge < -0.3 is 10.0 Å². The Morgan fingerprint density at radius 3 is 2.42 bits per heavy atom. The molecule has 1 aliphatic heterocycles. The minimum Gasteiger partial charge on any atom is -0.393 e. The molecule has 3 atom stereocenters. The zero-order valence-electron chi connectivity index (χ0n) is 17.8. The maximum absolute atomic E-state index is 13.3. The van der Waals surface area contributed by atoms with Crippen molar-refractivity contribution in [2.24, 2.45) is 23.2 Å². The fraction of sp³-hybridized carbons (Fsp3) is 0.652. The Kier molecular flexibility index (Phi) is 4.75. The van der Waals surface area contributed by atoms with E-state index in [0.29, 0.717) is 18.3 Å². The molecule has 1 aromatic rings. The minimum absolute atomic E-state index is 0.0367. The number of rotatable bonds is 5. The van der Waals surface area contributed by atoms with E-state index in [2.05, 4.69) is 12.1 Å². The second-order valence-electron chi connectivity index (χ2n) is 10.3. The van der Waals surface area contributed by atoms with Crippen molar-refractivity contribution in [3.05, 3.63) is 35.9 Å². The third-order valence-electron chi connectivity index (χ3n) is 8.55. The number of benzene rings is 1. The molecule has 4 aliphatic carbocycles. The minimum atomic E-state index is -3.59. The van der Waals surface area contributed by atoms with Crippen LogP contribution < -0.4 is 4.72 Å². The number of nitrogens with one attached hydrogen (secondary N) is 1. The lowest BCUT2D eigenvalue weighted by Gasteiger charge is -2.69. The topological polar surface area (TPSA) is 104 Å². The van der Waals surface area contributed by atoms with Crippen molar-refractivity contribution < 1.29 is 23.1 Å². The molecule has 5 fully saturated rings. The summed E-state index contributed by atoms with van der Waals surface area (Å²) in [5.74, 6) is -0.280. The highest BCUT2D eigenvalue weighted by Gasteiger charge is 2.67. The summed E-state index contributed by atoms with van der Waals surface area (Å²) in [6, 6.07) is 10.3. The van der Waals surface area contributed by atoms with Crippen molar-refractivity contribution in [3.8, 4) is 0 Å². The summed E-state index contributed by atoms with van der Waals surface area (Å²) in [6.45, 7) is 0.532. The van der Waals surface area contributed by atoms with Gasteiger partial charge in [-0.25, -0.2) is 8.42 Å². The molecule has 1 heterocycles. The van der Waals surface area contributed by atoms with Gasteiger partial charge in [0.05, 0.1) is 18.3 Å². The fourth-order valence-electron chi connectivity index (χ4n) is 6.99. The number of aliphatic hydroxyl groups is 1. The molecule has 8 heteroatoms. The number of carbonyl (C=O) groups is 2. The molecule has 168 valence electrons. The SMILES string of the molecule is CS(=O)(=O)NC(=O)C1CN(C(=O)CC2(c3ccccc3)CCC3CC24CC(C4)C3O)C1. The smallest absolute Gasteiger partial charge is 0.240 e. The van der Waals surface area contributed by atoms with Crippen LogP contribution in [0.1, 0.15) is 44.1 Å². The standard InChI is InChI=1S/C23H30N2O5S/c1-31(29,30)24-21(28)17-13-25(14-17)19(26)12-23(18-5-3-2-4-6-18)8-7-15-9-22(23)10-16(11-22)20(15)27/h2-6,15-17,20,27H,7-14H2,1H3,(H,24,28). The van der Waals surface area contributed by atoms with Gasteiger partial charge in [0.1, 0.15) is 0 Å². The normalized spacial score (nSPS) is 36.8. The Hall–Kier alpha value is -1.93. The zero-order chi connectivity index (χ0) is 22.0. The van der Waals surface area contributed by atoms with Crippen LogP contribution in [0.15, 0.2) is 30.3 Å². The van der Waals surface area contributed by atoms with Crippen LogP contribution in [0, 0.1) is 23.2 Å². The number of nitrogens with zero attached hydrogens (tertiary/aromatic N) is 1. The van der Waals surface area contributed by atoms with Gasteiger partial charge in [-0.3, -0.25) is 14.3 Å². The molecule has 4 saturated carbocycles. The van der Waals surface area contributed by atoms with Gasteiger partial charge in [0.2, 0.25) is 21.8 Å². The Morgan fingerprint density at radius 1 is 1.13 bits per heavy atom. The van der Waals surface area contributed by atoms with Crippen LogP contribution in [-0.2, 0) is 25.0 Å². The number of amides is 2. The maximum atomic E-state index is 13.3. The number of sulfonamides is 1. The zero-order valence-corrected chi connectivity index (χ0v) is 18.6. The van der Waals surface area contributed by atoms with E-state index in [1.165, 1.54) is 5.56 Å². The van der Waals surface area contributed by atoms with E-state index in [1.807, 2.05) is 22.9 Å². The Balaban J connectivity index is 1.35. The van der Waals surface area contributed by atoms with Gasteiger partial charge in [-0.15, -0.1) is 0 Å². The third kappa shape index (κ3) is 3.30. The van der Waals surface area contributed by atoms with Gasteiger partial charge in [0, 0.05) is 24.9 Å². The number of carbonyl (C=O) groups excluding carboxylic acids is 2. The number of hydrogen-bond donors (Lipinski definition) is 2. The first-order valence-electron chi connectivity index (χ1n) is 11.2. The van der Waals surface area contributed by atoms with Gasteiger partial charge in [0.25, 0.3) is 0 Å². The van der Waals surface area contributed by atoms with Crippen LogP contribution in [0.4, 0.5) is 0 Å². The van der Waals surface area contributed by atoms with Crippen molar-refractivity contribution in [2.45, 2.75) is 50.0 Å². The second kappa shape index (κ2) is 7.04. The highest BCUT2D eigenvalue weighted by molar-refractivity contribution is 7.89. The first-order valence-corrected chi connectivity index (χ1v) is 13.0.